The average molecular weight is 465 g/mol. The number of hydrogen-bond donors (Lipinski definition) is 5. The fourth-order valence-corrected chi connectivity index (χ4v) is 3.90. The molecule has 4 rings (SSSR count). The number of nitrogens with zero attached hydrogens (tertiary/aromatic N) is 3. The number of aryl methyl sites for hydroxylation is 1. The fourth-order valence-electron chi connectivity index (χ4n) is 3.90. The van der Waals surface area contributed by atoms with Crippen LogP contribution in [0, 0.1) is 29.5 Å². The molecule has 1 amide bonds. The van der Waals surface area contributed by atoms with Gasteiger partial charge in [0.2, 0.25) is 0 Å². The lowest BCUT2D eigenvalue weighted by Crippen LogP contribution is -2.40. The number of piperidine rings is 1. The van der Waals surface area contributed by atoms with Crippen LogP contribution in [0.4, 0.5) is 15.9 Å². The molecule has 0 bridgehead atoms. The Morgan fingerprint density at radius 1 is 1.32 bits per heavy atom. The highest BCUT2D eigenvalue weighted by Crippen LogP contribution is 2.34. The summed E-state index contributed by atoms with van der Waals surface area (Å²) in [5.74, 6) is 5.74. The minimum absolute atomic E-state index is 0.100. The predicted octanol–water partition coefficient (Wildman–Crippen LogP) is 3.46. The van der Waals surface area contributed by atoms with Crippen molar-refractivity contribution in [2.75, 3.05) is 16.9 Å². The summed E-state index contributed by atoms with van der Waals surface area (Å²) in [5.41, 5.74) is 7.86. The molecule has 7 N–H and O–H groups in total. The van der Waals surface area contributed by atoms with Gasteiger partial charge in [0.05, 0.1) is 11.3 Å². The highest BCUT2D eigenvalue weighted by atomic mass is 19.1. The standard InChI is InChI=1S/C24H29FN8O/c1-14-11-17(25)16(12-20(14)33(29)13-18(26)15-8-9-15)24(34)31-22-7-4-5-19(30-22)23(28)32-10-3-2-6-21(32)27/h4-5,7,11-13,15,27-28H,2-3,6,8-10,26,29H2,1H3,(H,30,31,34)/b18-13-,27-21?,28-23?. The summed E-state index contributed by atoms with van der Waals surface area (Å²) in [7, 11) is 0. The van der Waals surface area contributed by atoms with Crippen molar-refractivity contribution in [3.05, 3.63) is 64.9 Å². The van der Waals surface area contributed by atoms with Gasteiger partial charge in [-0.3, -0.25) is 20.6 Å². The van der Waals surface area contributed by atoms with Gasteiger partial charge in [0.25, 0.3) is 5.91 Å². The third-order valence-corrected chi connectivity index (χ3v) is 6.02. The topological polar surface area (TPSA) is 148 Å². The first-order chi connectivity index (χ1) is 16.2. The van der Waals surface area contributed by atoms with Crippen LogP contribution in [0.5, 0.6) is 0 Å². The minimum atomic E-state index is -0.687. The van der Waals surface area contributed by atoms with Crippen LogP contribution in [-0.4, -0.2) is 34.0 Å². The zero-order valence-corrected chi connectivity index (χ0v) is 19.1. The number of nitrogens with one attached hydrogen (secondary N) is 3. The van der Waals surface area contributed by atoms with Gasteiger partial charge in [-0.2, -0.15) is 0 Å². The molecule has 0 atom stereocenters. The largest absolute Gasteiger partial charge is 0.401 e. The van der Waals surface area contributed by atoms with Crippen molar-refractivity contribution in [2.45, 2.75) is 39.0 Å². The highest BCUT2D eigenvalue weighted by molar-refractivity contribution is 6.07. The van der Waals surface area contributed by atoms with Crippen LogP contribution in [0.2, 0.25) is 0 Å². The summed E-state index contributed by atoms with van der Waals surface area (Å²) in [4.78, 5) is 18.9. The van der Waals surface area contributed by atoms with E-state index in [4.69, 9.17) is 22.4 Å². The molecule has 1 aromatic carbocycles. The number of amidine groups is 2. The SMILES string of the molecule is Cc1cc(F)c(C(=O)Nc2cccc(C(=N)N3CCCCC3=N)n2)cc1N(N)/C=C(\N)C1CC1. The van der Waals surface area contributed by atoms with E-state index in [0.717, 1.165) is 25.7 Å². The van der Waals surface area contributed by atoms with Gasteiger partial charge in [-0.25, -0.2) is 15.2 Å². The summed E-state index contributed by atoms with van der Waals surface area (Å²) in [6, 6.07) is 7.51. The lowest BCUT2D eigenvalue weighted by atomic mass is 10.1. The second kappa shape index (κ2) is 9.60. The Labute approximate surface area is 197 Å². The molecule has 1 aromatic heterocycles. The van der Waals surface area contributed by atoms with Gasteiger partial charge in [-0.1, -0.05) is 6.07 Å². The smallest absolute Gasteiger partial charge is 0.259 e. The lowest BCUT2D eigenvalue weighted by molar-refractivity contribution is 0.102. The number of carbonyl (C=O) groups excluding carboxylic acids is 1. The number of hydrazine groups is 1. The van der Waals surface area contributed by atoms with Crippen molar-refractivity contribution >= 4 is 29.1 Å². The first kappa shape index (κ1) is 23.4. The van der Waals surface area contributed by atoms with Gasteiger partial charge in [-0.05, 0) is 62.4 Å². The van der Waals surface area contributed by atoms with Gasteiger partial charge in [0.1, 0.15) is 23.2 Å². The first-order valence-electron chi connectivity index (χ1n) is 11.3. The van der Waals surface area contributed by atoms with Gasteiger partial charge in [-0.15, -0.1) is 0 Å². The van der Waals surface area contributed by atoms with E-state index in [1.165, 1.54) is 17.1 Å². The second-order valence-corrected chi connectivity index (χ2v) is 8.70. The summed E-state index contributed by atoms with van der Waals surface area (Å²) in [6.45, 7) is 2.29. The van der Waals surface area contributed by atoms with E-state index in [1.54, 1.807) is 36.2 Å². The van der Waals surface area contributed by atoms with E-state index in [-0.39, 0.29) is 17.2 Å². The third kappa shape index (κ3) is 5.07. The number of nitrogens with two attached hydrogens (primary N) is 2. The number of anilines is 2. The monoisotopic (exact) mass is 464 g/mol. The maximum absolute atomic E-state index is 14.7. The van der Waals surface area contributed by atoms with Gasteiger partial charge in [0, 0.05) is 30.8 Å². The number of halogens is 1. The second-order valence-electron chi connectivity index (χ2n) is 8.70. The number of carbonyl (C=O) groups is 1. The molecule has 2 fully saturated rings. The number of pyridine rings is 1. The third-order valence-electron chi connectivity index (χ3n) is 6.02. The minimum Gasteiger partial charge on any atom is -0.401 e. The van der Waals surface area contributed by atoms with E-state index in [1.807, 2.05) is 0 Å². The summed E-state index contributed by atoms with van der Waals surface area (Å²) in [5, 5.41) is 20.4. The Bertz CT molecular complexity index is 1170. The van der Waals surface area contributed by atoms with Crippen molar-refractivity contribution < 1.29 is 9.18 Å². The predicted molar refractivity (Wildman–Crippen MR) is 130 cm³/mol. The Hall–Kier alpha value is -3.79. The molecule has 1 aliphatic heterocycles. The van der Waals surface area contributed by atoms with Crippen LogP contribution in [0.3, 0.4) is 0 Å². The molecule has 34 heavy (non-hydrogen) atoms. The van der Waals surface area contributed by atoms with Crippen LogP contribution >= 0.6 is 0 Å². The normalized spacial score (nSPS) is 16.4. The number of likely N-dealkylation sites (tertiary alicyclic amines) is 1. The van der Waals surface area contributed by atoms with E-state index in [2.05, 4.69) is 10.3 Å². The number of benzene rings is 1. The van der Waals surface area contributed by atoms with E-state index < -0.39 is 11.7 Å². The summed E-state index contributed by atoms with van der Waals surface area (Å²) >= 11 is 0. The van der Waals surface area contributed by atoms with Crippen LogP contribution < -0.4 is 21.9 Å². The molecule has 0 unspecified atom stereocenters. The number of amides is 1. The van der Waals surface area contributed by atoms with Gasteiger partial charge in [0.15, 0.2) is 5.84 Å². The molecular weight excluding hydrogens is 435 g/mol. The maximum Gasteiger partial charge on any atom is 0.259 e. The van der Waals surface area contributed by atoms with Crippen molar-refractivity contribution in [2.24, 2.45) is 17.5 Å². The molecule has 1 saturated heterocycles. The molecule has 178 valence electrons. The van der Waals surface area contributed by atoms with Crippen molar-refractivity contribution in [1.29, 1.82) is 10.8 Å². The van der Waals surface area contributed by atoms with E-state index in [0.29, 0.717) is 47.4 Å². The number of allylic oxidation sites excluding steroid dienone is 1. The Balaban J connectivity index is 1.53. The van der Waals surface area contributed by atoms with E-state index >= 15 is 0 Å². The number of hydrogen-bond acceptors (Lipinski definition) is 7. The average Bonchev–Trinajstić information content (AvgIpc) is 3.64. The van der Waals surface area contributed by atoms with Gasteiger partial charge < -0.3 is 16.0 Å². The molecule has 2 aliphatic rings. The highest BCUT2D eigenvalue weighted by Gasteiger charge is 2.25. The molecule has 10 heteroatoms. The van der Waals surface area contributed by atoms with Crippen LogP contribution in [0.1, 0.15) is 53.7 Å². The Morgan fingerprint density at radius 2 is 2.09 bits per heavy atom. The van der Waals surface area contributed by atoms with Crippen molar-refractivity contribution in [1.82, 2.24) is 9.88 Å². The first-order valence-corrected chi connectivity index (χ1v) is 11.3. The molecule has 1 aliphatic carbocycles. The number of aromatic nitrogens is 1. The molecule has 1 saturated carbocycles. The van der Waals surface area contributed by atoms with Crippen molar-refractivity contribution in [3.8, 4) is 0 Å². The maximum atomic E-state index is 14.7. The molecule has 0 radical (unpaired) electrons. The zero-order valence-electron chi connectivity index (χ0n) is 19.1. The molecule has 9 nitrogen and oxygen atoms in total. The summed E-state index contributed by atoms with van der Waals surface area (Å²) < 4.78 is 14.7. The fraction of sp³-hybridized carbons (Fsp3) is 0.333. The Morgan fingerprint density at radius 3 is 2.79 bits per heavy atom. The molecule has 0 spiro atoms. The van der Waals surface area contributed by atoms with Gasteiger partial charge >= 0.3 is 0 Å². The van der Waals surface area contributed by atoms with Crippen LogP contribution in [-0.2, 0) is 0 Å². The molecule has 2 aromatic rings. The Kier molecular flexibility index (Phi) is 6.60. The molecule has 2 heterocycles. The zero-order chi connectivity index (χ0) is 24.4. The van der Waals surface area contributed by atoms with Crippen LogP contribution in [0.25, 0.3) is 0 Å². The lowest BCUT2D eigenvalue weighted by Gasteiger charge is -2.29. The molecular formula is C24H29FN8O. The quantitative estimate of drug-likeness (QED) is 0.191. The van der Waals surface area contributed by atoms with Crippen LogP contribution in [0.15, 0.2) is 42.2 Å². The van der Waals surface area contributed by atoms with E-state index in [9.17, 15) is 9.18 Å². The summed E-state index contributed by atoms with van der Waals surface area (Å²) in [6.07, 6.45) is 6.10. The van der Waals surface area contributed by atoms with Crippen molar-refractivity contribution in [3.63, 3.8) is 0 Å². The number of rotatable bonds is 6.